The van der Waals surface area contributed by atoms with E-state index in [0.717, 1.165) is 28.0 Å². The lowest BCUT2D eigenvalue weighted by Gasteiger charge is -2.26. The van der Waals surface area contributed by atoms with Crippen molar-refractivity contribution in [2.45, 2.75) is 19.2 Å². The molecule has 1 unspecified atom stereocenters. The van der Waals surface area contributed by atoms with Gasteiger partial charge in [-0.3, -0.25) is 4.79 Å². The number of amides is 1. The van der Waals surface area contributed by atoms with Crippen molar-refractivity contribution in [2.24, 2.45) is 0 Å². The molecule has 1 aliphatic rings. The second-order valence-electron chi connectivity index (χ2n) is 6.55. The van der Waals surface area contributed by atoms with Gasteiger partial charge >= 0.3 is 0 Å². The lowest BCUT2D eigenvalue weighted by atomic mass is 10.1. The minimum Gasteiger partial charge on any atom is -0.496 e. The minimum absolute atomic E-state index is 0.0358. The maximum atomic E-state index is 13.2. The van der Waals surface area contributed by atoms with Gasteiger partial charge in [0.1, 0.15) is 11.1 Å². The molecule has 1 fully saturated rings. The first-order valence-electron chi connectivity index (χ1n) is 8.79. The molecule has 3 rings (SSSR count). The smallest absolute Gasteiger partial charge is 0.255 e. The first-order chi connectivity index (χ1) is 13.0. The maximum Gasteiger partial charge on any atom is 0.255 e. The Kier molecular flexibility index (Phi) is 5.85. The number of rotatable bonds is 5. The van der Waals surface area contributed by atoms with Crippen molar-refractivity contribution in [3.8, 4) is 17.2 Å². The summed E-state index contributed by atoms with van der Waals surface area (Å²) in [6.07, 6.45) is 0. The number of benzene rings is 2. The molecule has 0 spiro atoms. The summed E-state index contributed by atoms with van der Waals surface area (Å²) in [7, 11) is 4.83. The number of nitrogens with zero attached hydrogens (tertiary/aromatic N) is 1. The monoisotopic (exact) mass is 387 g/mol. The number of methoxy groups -OCH3 is 3. The van der Waals surface area contributed by atoms with Crippen LogP contribution in [0, 0.1) is 13.8 Å². The first kappa shape index (κ1) is 19.4. The van der Waals surface area contributed by atoms with Crippen LogP contribution in [-0.2, 0) is 0 Å². The summed E-state index contributed by atoms with van der Waals surface area (Å²) in [5.41, 5.74) is 3.81. The molecule has 0 radical (unpaired) electrons. The van der Waals surface area contributed by atoms with Crippen LogP contribution in [0.25, 0.3) is 0 Å². The van der Waals surface area contributed by atoms with E-state index in [9.17, 15) is 4.79 Å². The lowest BCUT2D eigenvalue weighted by molar-refractivity contribution is 0.0759. The van der Waals surface area contributed by atoms with E-state index >= 15 is 0 Å². The summed E-state index contributed by atoms with van der Waals surface area (Å²) in [4.78, 5) is 15.1. The Morgan fingerprint density at radius 2 is 1.52 bits per heavy atom. The van der Waals surface area contributed by atoms with Crippen molar-refractivity contribution < 1.29 is 19.0 Å². The molecule has 1 amide bonds. The molecule has 5 nitrogen and oxygen atoms in total. The molecule has 1 aliphatic heterocycles. The molecule has 0 N–H and O–H groups in total. The van der Waals surface area contributed by atoms with Gasteiger partial charge in [-0.15, -0.1) is 11.8 Å². The highest BCUT2D eigenvalue weighted by molar-refractivity contribution is 7.99. The van der Waals surface area contributed by atoms with Gasteiger partial charge < -0.3 is 19.1 Å². The van der Waals surface area contributed by atoms with Crippen LogP contribution in [0.5, 0.6) is 17.2 Å². The van der Waals surface area contributed by atoms with E-state index in [1.165, 1.54) is 0 Å². The number of hydrogen-bond acceptors (Lipinski definition) is 5. The van der Waals surface area contributed by atoms with Crippen molar-refractivity contribution >= 4 is 17.7 Å². The molecule has 2 aromatic carbocycles. The van der Waals surface area contributed by atoms with Crippen LogP contribution in [0.3, 0.4) is 0 Å². The van der Waals surface area contributed by atoms with E-state index in [2.05, 4.69) is 6.07 Å². The molecule has 0 aromatic heterocycles. The first-order valence-corrected chi connectivity index (χ1v) is 9.84. The van der Waals surface area contributed by atoms with Crippen molar-refractivity contribution in [1.29, 1.82) is 0 Å². The zero-order valence-electron chi connectivity index (χ0n) is 16.4. The zero-order valence-corrected chi connectivity index (χ0v) is 17.2. The normalized spacial score (nSPS) is 16.3. The Balaban J connectivity index is 2.00. The molecule has 0 aliphatic carbocycles. The van der Waals surface area contributed by atoms with E-state index in [1.807, 2.05) is 43.0 Å². The molecular weight excluding hydrogens is 362 g/mol. The molecule has 0 bridgehead atoms. The van der Waals surface area contributed by atoms with Crippen molar-refractivity contribution in [2.75, 3.05) is 33.6 Å². The molecule has 27 heavy (non-hydrogen) atoms. The Hall–Kier alpha value is -2.34. The quantitative estimate of drug-likeness (QED) is 0.769. The van der Waals surface area contributed by atoms with Gasteiger partial charge in [0.2, 0.25) is 0 Å². The Morgan fingerprint density at radius 1 is 0.926 bits per heavy atom. The van der Waals surface area contributed by atoms with Crippen LogP contribution in [0.15, 0.2) is 30.3 Å². The predicted molar refractivity (Wildman–Crippen MR) is 108 cm³/mol. The molecule has 1 saturated heterocycles. The number of aryl methyl sites for hydroxylation is 2. The van der Waals surface area contributed by atoms with E-state index in [-0.39, 0.29) is 11.3 Å². The van der Waals surface area contributed by atoms with Gasteiger partial charge in [0.05, 0.1) is 21.3 Å². The topological polar surface area (TPSA) is 48.0 Å². The minimum atomic E-state index is -0.131. The van der Waals surface area contributed by atoms with Gasteiger partial charge in [0, 0.05) is 29.5 Å². The Morgan fingerprint density at radius 3 is 2.11 bits per heavy atom. The fourth-order valence-corrected chi connectivity index (χ4v) is 4.72. The van der Waals surface area contributed by atoms with Gasteiger partial charge in [0.25, 0.3) is 5.91 Å². The van der Waals surface area contributed by atoms with Gasteiger partial charge in [-0.05, 0) is 32.0 Å². The Labute approximate surface area is 164 Å². The number of hydrogen-bond donors (Lipinski definition) is 0. The summed E-state index contributed by atoms with van der Waals surface area (Å²) < 4.78 is 16.4. The maximum absolute atomic E-state index is 13.2. The highest BCUT2D eigenvalue weighted by Gasteiger charge is 2.34. The molecule has 0 saturated carbocycles. The lowest BCUT2D eigenvalue weighted by Crippen LogP contribution is -2.30. The average Bonchev–Trinajstić information content (AvgIpc) is 3.14. The van der Waals surface area contributed by atoms with Crippen LogP contribution in [-0.4, -0.2) is 44.4 Å². The van der Waals surface area contributed by atoms with Crippen LogP contribution in [0.2, 0.25) is 0 Å². The summed E-state index contributed by atoms with van der Waals surface area (Å²) in [6, 6.07) is 9.68. The van der Waals surface area contributed by atoms with Crippen molar-refractivity contribution in [3.05, 3.63) is 52.6 Å². The predicted octanol–water partition coefficient (Wildman–Crippen LogP) is 4.22. The number of ether oxygens (including phenoxy) is 3. The summed E-state index contributed by atoms with van der Waals surface area (Å²) in [5.74, 6) is 2.82. The van der Waals surface area contributed by atoms with E-state index < -0.39 is 0 Å². The number of carbonyl (C=O) groups excluding carboxylic acids is 1. The summed E-state index contributed by atoms with van der Waals surface area (Å²) in [5, 5.41) is -0.131. The van der Waals surface area contributed by atoms with Gasteiger partial charge in [-0.1, -0.05) is 17.2 Å². The van der Waals surface area contributed by atoms with Crippen LogP contribution in [0.4, 0.5) is 0 Å². The van der Waals surface area contributed by atoms with E-state index in [4.69, 9.17) is 14.2 Å². The van der Waals surface area contributed by atoms with Crippen molar-refractivity contribution in [1.82, 2.24) is 4.90 Å². The fourth-order valence-electron chi connectivity index (χ4n) is 3.45. The number of thioether (sulfide) groups is 1. The van der Waals surface area contributed by atoms with Crippen molar-refractivity contribution in [3.63, 3.8) is 0 Å². The highest BCUT2D eigenvalue weighted by Crippen LogP contribution is 2.46. The van der Waals surface area contributed by atoms with Gasteiger partial charge in [0.15, 0.2) is 11.5 Å². The number of carbonyl (C=O) groups is 1. The second-order valence-corrected chi connectivity index (χ2v) is 7.74. The van der Waals surface area contributed by atoms with E-state index in [0.29, 0.717) is 23.8 Å². The van der Waals surface area contributed by atoms with Gasteiger partial charge in [-0.2, -0.15) is 0 Å². The van der Waals surface area contributed by atoms with Gasteiger partial charge in [-0.25, -0.2) is 0 Å². The van der Waals surface area contributed by atoms with Crippen LogP contribution in [0.1, 0.15) is 32.4 Å². The summed E-state index contributed by atoms with van der Waals surface area (Å²) >= 11 is 1.73. The zero-order chi connectivity index (χ0) is 19.6. The third-order valence-electron chi connectivity index (χ3n) is 4.62. The summed E-state index contributed by atoms with van der Waals surface area (Å²) in [6.45, 7) is 4.72. The standard InChI is InChI=1S/C21H25NO4S/c1-13-8-14(2)10-15(9-13)20(23)22-6-7-27-21(22)16-11-18(25-4)19(26-5)12-17(16)24-3/h8-12,21H,6-7H2,1-5H3. The second kappa shape index (κ2) is 8.13. The molecule has 2 aromatic rings. The largest absolute Gasteiger partial charge is 0.496 e. The van der Waals surface area contributed by atoms with E-state index in [1.54, 1.807) is 33.1 Å². The Bertz CT molecular complexity index is 832. The van der Waals surface area contributed by atoms with Crippen LogP contribution >= 0.6 is 11.8 Å². The fraction of sp³-hybridized carbons (Fsp3) is 0.381. The third-order valence-corrected chi connectivity index (χ3v) is 5.86. The molecule has 6 heteroatoms. The molecular formula is C21H25NO4S. The molecule has 1 heterocycles. The van der Waals surface area contributed by atoms with Crippen LogP contribution < -0.4 is 14.2 Å². The molecule has 1 atom stereocenters. The highest BCUT2D eigenvalue weighted by atomic mass is 32.2. The SMILES string of the molecule is COc1cc(OC)c(C2SCCN2C(=O)c2cc(C)cc(C)c2)cc1OC. The molecule has 144 valence electrons. The average molecular weight is 388 g/mol. The third kappa shape index (κ3) is 3.86.